The number of carbonyl (C=O) groups excluding carboxylic acids is 2. The first-order valence-corrected chi connectivity index (χ1v) is 4.41. The highest BCUT2D eigenvalue weighted by atomic mass is 16.2. The quantitative estimate of drug-likeness (QED) is 0.735. The van der Waals surface area contributed by atoms with E-state index >= 15 is 0 Å². The number of anilines is 1. The number of hydrogen-bond acceptors (Lipinski definition) is 3. The van der Waals surface area contributed by atoms with E-state index in [0.717, 1.165) is 0 Å². The van der Waals surface area contributed by atoms with Gasteiger partial charge in [-0.1, -0.05) is 6.92 Å². The van der Waals surface area contributed by atoms with E-state index in [9.17, 15) is 9.59 Å². The van der Waals surface area contributed by atoms with Gasteiger partial charge in [0.25, 0.3) is 0 Å². The van der Waals surface area contributed by atoms with Crippen molar-refractivity contribution < 1.29 is 9.59 Å². The molecule has 5 heteroatoms. The molecule has 0 aliphatic heterocycles. The van der Waals surface area contributed by atoms with Crippen molar-refractivity contribution in [2.75, 3.05) is 5.32 Å². The van der Waals surface area contributed by atoms with Crippen LogP contribution in [0.1, 0.15) is 29.5 Å². The van der Waals surface area contributed by atoms with Gasteiger partial charge in [0.1, 0.15) is 0 Å². The molecule has 0 bridgehead atoms. The minimum atomic E-state index is -0.0791. The van der Waals surface area contributed by atoms with E-state index in [4.69, 9.17) is 0 Å². The molecule has 1 rings (SSSR count). The smallest absolute Gasteiger partial charge is 0.246 e. The highest BCUT2D eigenvalue weighted by Crippen LogP contribution is 2.18. The standard InChI is InChI=1S/C9H13N3O2/c1-4-8(14)12-7(3)9(10-5-13)6(2)11-12/h5H,4H2,1-3H3,(H,10,13). The molecule has 0 unspecified atom stereocenters. The van der Waals surface area contributed by atoms with Crippen LogP contribution in [0.2, 0.25) is 0 Å². The Bertz CT molecular complexity index is 368. The van der Waals surface area contributed by atoms with Crippen LogP contribution in [-0.2, 0) is 4.79 Å². The molecule has 0 fully saturated rings. The van der Waals surface area contributed by atoms with Crippen LogP contribution in [0.4, 0.5) is 5.69 Å². The predicted octanol–water partition coefficient (Wildman–Crippen LogP) is 1.12. The van der Waals surface area contributed by atoms with Crippen molar-refractivity contribution in [3.05, 3.63) is 11.4 Å². The predicted molar refractivity (Wildman–Crippen MR) is 52.3 cm³/mol. The van der Waals surface area contributed by atoms with Gasteiger partial charge in [-0.15, -0.1) is 0 Å². The van der Waals surface area contributed by atoms with E-state index in [0.29, 0.717) is 29.9 Å². The molecule has 1 N–H and O–H groups in total. The van der Waals surface area contributed by atoms with Gasteiger partial charge in [0, 0.05) is 6.42 Å². The first-order valence-electron chi connectivity index (χ1n) is 4.41. The van der Waals surface area contributed by atoms with Gasteiger partial charge in [-0.2, -0.15) is 5.10 Å². The van der Waals surface area contributed by atoms with Gasteiger partial charge in [0.05, 0.1) is 17.1 Å². The Morgan fingerprint density at radius 2 is 2.21 bits per heavy atom. The van der Waals surface area contributed by atoms with Crippen molar-refractivity contribution in [3.8, 4) is 0 Å². The summed E-state index contributed by atoms with van der Waals surface area (Å²) in [5.74, 6) is -0.0791. The van der Waals surface area contributed by atoms with E-state index < -0.39 is 0 Å². The molecule has 1 heterocycles. The largest absolute Gasteiger partial charge is 0.326 e. The van der Waals surface area contributed by atoms with Crippen molar-refractivity contribution >= 4 is 18.0 Å². The Morgan fingerprint density at radius 3 is 2.71 bits per heavy atom. The van der Waals surface area contributed by atoms with Gasteiger partial charge in [0.15, 0.2) is 0 Å². The number of aryl methyl sites for hydroxylation is 1. The summed E-state index contributed by atoms with van der Waals surface area (Å²) in [5.41, 5.74) is 1.93. The summed E-state index contributed by atoms with van der Waals surface area (Å²) in [6, 6.07) is 0. The third kappa shape index (κ3) is 1.66. The zero-order valence-corrected chi connectivity index (χ0v) is 8.50. The molecule has 0 aliphatic rings. The lowest BCUT2D eigenvalue weighted by Gasteiger charge is -2.00. The van der Waals surface area contributed by atoms with Crippen LogP contribution in [0, 0.1) is 13.8 Å². The Hall–Kier alpha value is -1.65. The molecule has 5 nitrogen and oxygen atoms in total. The maximum Gasteiger partial charge on any atom is 0.246 e. The summed E-state index contributed by atoms with van der Waals surface area (Å²) in [6.07, 6.45) is 0.972. The number of amides is 1. The van der Waals surface area contributed by atoms with Gasteiger partial charge in [0.2, 0.25) is 12.3 Å². The highest BCUT2D eigenvalue weighted by Gasteiger charge is 2.14. The summed E-state index contributed by atoms with van der Waals surface area (Å²) in [7, 11) is 0. The number of aromatic nitrogens is 2. The fourth-order valence-corrected chi connectivity index (χ4v) is 1.30. The average molecular weight is 195 g/mol. The number of nitrogens with zero attached hydrogens (tertiary/aromatic N) is 2. The highest BCUT2D eigenvalue weighted by molar-refractivity contribution is 5.82. The lowest BCUT2D eigenvalue weighted by atomic mass is 10.3. The molecule has 0 aliphatic carbocycles. The van der Waals surface area contributed by atoms with E-state index in [-0.39, 0.29) is 5.91 Å². The van der Waals surface area contributed by atoms with E-state index in [1.807, 2.05) is 0 Å². The summed E-state index contributed by atoms with van der Waals surface area (Å²) < 4.78 is 1.32. The summed E-state index contributed by atoms with van der Waals surface area (Å²) in [4.78, 5) is 21.7. The van der Waals surface area contributed by atoms with Crippen LogP contribution in [0.3, 0.4) is 0 Å². The topological polar surface area (TPSA) is 64.0 Å². The van der Waals surface area contributed by atoms with Crippen molar-refractivity contribution in [1.29, 1.82) is 0 Å². The number of hydrogen-bond donors (Lipinski definition) is 1. The Kier molecular flexibility index (Phi) is 3.01. The van der Waals surface area contributed by atoms with Crippen LogP contribution in [-0.4, -0.2) is 22.1 Å². The van der Waals surface area contributed by atoms with Gasteiger partial charge in [-0.25, -0.2) is 4.68 Å². The zero-order chi connectivity index (χ0) is 10.7. The number of nitrogens with one attached hydrogen (secondary N) is 1. The molecular formula is C9H13N3O2. The van der Waals surface area contributed by atoms with E-state index in [1.54, 1.807) is 20.8 Å². The second-order valence-corrected chi connectivity index (χ2v) is 2.97. The normalized spacial score (nSPS) is 9.93. The Balaban J connectivity index is 3.16. The zero-order valence-electron chi connectivity index (χ0n) is 8.50. The maximum absolute atomic E-state index is 11.4. The van der Waals surface area contributed by atoms with E-state index in [1.165, 1.54) is 4.68 Å². The van der Waals surface area contributed by atoms with Crippen molar-refractivity contribution in [2.24, 2.45) is 0 Å². The molecule has 0 spiro atoms. The third-order valence-corrected chi connectivity index (χ3v) is 2.03. The average Bonchev–Trinajstić information content (AvgIpc) is 2.45. The number of rotatable bonds is 3. The van der Waals surface area contributed by atoms with Crippen LogP contribution in [0.25, 0.3) is 0 Å². The van der Waals surface area contributed by atoms with Gasteiger partial charge in [-0.05, 0) is 13.8 Å². The lowest BCUT2D eigenvalue weighted by Crippen LogP contribution is -2.12. The minimum Gasteiger partial charge on any atom is -0.326 e. The van der Waals surface area contributed by atoms with Gasteiger partial charge >= 0.3 is 0 Å². The molecule has 0 radical (unpaired) electrons. The molecule has 76 valence electrons. The van der Waals surface area contributed by atoms with E-state index in [2.05, 4.69) is 10.4 Å². The van der Waals surface area contributed by atoms with Crippen molar-refractivity contribution in [1.82, 2.24) is 9.78 Å². The summed E-state index contributed by atoms with van der Waals surface area (Å²) in [5, 5.41) is 6.57. The molecule has 0 saturated carbocycles. The summed E-state index contributed by atoms with van der Waals surface area (Å²) in [6.45, 7) is 5.27. The monoisotopic (exact) mass is 195 g/mol. The fraction of sp³-hybridized carbons (Fsp3) is 0.444. The first-order chi connectivity index (χ1) is 6.61. The van der Waals surface area contributed by atoms with Crippen LogP contribution < -0.4 is 5.32 Å². The van der Waals surface area contributed by atoms with Crippen molar-refractivity contribution in [2.45, 2.75) is 27.2 Å². The molecule has 0 saturated heterocycles. The third-order valence-electron chi connectivity index (χ3n) is 2.03. The molecule has 1 amide bonds. The maximum atomic E-state index is 11.4. The Morgan fingerprint density at radius 1 is 1.57 bits per heavy atom. The van der Waals surface area contributed by atoms with Gasteiger partial charge < -0.3 is 5.32 Å². The molecular weight excluding hydrogens is 182 g/mol. The molecule has 14 heavy (non-hydrogen) atoms. The fourth-order valence-electron chi connectivity index (χ4n) is 1.30. The van der Waals surface area contributed by atoms with Crippen molar-refractivity contribution in [3.63, 3.8) is 0 Å². The summed E-state index contributed by atoms with van der Waals surface area (Å²) >= 11 is 0. The molecule has 0 aromatic carbocycles. The molecule has 1 aromatic heterocycles. The first kappa shape index (κ1) is 10.4. The van der Waals surface area contributed by atoms with Gasteiger partial charge in [-0.3, -0.25) is 9.59 Å². The van der Waals surface area contributed by atoms with Crippen LogP contribution in [0.5, 0.6) is 0 Å². The van der Waals surface area contributed by atoms with Crippen LogP contribution >= 0.6 is 0 Å². The Labute approximate surface area is 82.1 Å². The minimum absolute atomic E-state index is 0.0791. The van der Waals surface area contributed by atoms with Crippen LogP contribution in [0.15, 0.2) is 0 Å². The molecule has 1 aromatic rings. The number of carbonyl (C=O) groups is 2. The second-order valence-electron chi connectivity index (χ2n) is 2.97. The molecule has 0 atom stereocenters. The SMILES string of the molecule is CCC(=O)n1nc(C)c(NC=O)c1C. The lowest BCUT2D eigenvalue weighted by molar-refractivity contribution is -0.105. The second kappa shape index (κ2) is 4.04.